The van der Waals surface area contributed by atoms with Gasteiger partial charge in [0, 0.05) is 28.5 Å². The van der Waals surface area contributed by atoms with E-state index in [0.29, 0.717) is 16.1 Å². The van der Waals surface area contributed by atoms with E-state index in [-0.39, 0.29) is 27.1 Å². The number of carbonyl (C=O) groups excluding carboxylic acids is 1. The van der Waals surface area contributed by atoms with E-state index in [1.54, 1.807) is 6.07 Å². The van der Waals surface area contributed by atoms with Crippen LogP contribution in [0.15, 0.2) is 55.2 Å². The van der Waals surface area contributed by atoms with Gasteiger partial charge in [0.2, 0.25) is 0 Å². The molecule has 0 aliphatic carbocycles. The minimum absolute atomic E-state index is 0.158. The molecule has 0 saturated heterocycles. The zero-order valence-corrected chi connectivity index (χ0v) is 17.1. The molecule has 0 aliphatic rings. The van der Waals surface area contributed by atoms with Crippen LogP contribution in [0.1, 0.15) is 10.4 Å². The van der Waals surface area contributed by atoms with E-state index in [1.807, 2.05) is 0 Å². The maximum absolute atomic E-state index is 14.7. The minimum Gasteiger partial charge on any atom is -0.320 e. The molecule has 0 bridgehead atoms. The third-order valence-corrected chi connectivity index (χ3v) is 4.94. The number of hydrogen-bond acceptors (Lipinski definition) is 5. The minimum atomic E-state index is -0.767. The Bertz CT molecular complexity index is 1250. The second-order valence-corrected chi connectivity index (χ2v) is 7.19. The van der Waals surface area contributed by atoms with Crippen molar-refractivity contribution in [2.75, 3.05) is 5.32 Å². The van der Waals surface area contributed by atoms with E-state index in [0.717, 1.165) is 6.07 Å². The number of carbonyl (C=O) groups is 1. The van der Waals surface area contributed by atoms with Gasteiger partial charge >= 0.3 is 0 Å². The van der Waals surface area contributed by atoms with E-state index in [2.05, 4.69) is 25.5 Å². The average Bonchev–Trinajstić information content (AvgIpc) is 3.24. The first-order valence-electron chi connectivity index (χ1n) is 8.36. The second-order valence-electron chi connectivity index (χ2n) is 5.97. The van der Waals surface area contributed by atoms with Gasteiger partial charge < -0.3 is 5.32 Å². The van der Waals surface area contributed by atoms with Gasteiger partial charge in [0.1, 0.15) is 5.82 Å². The topological polar surface area (TPSA) is 85.6 Å². The van der Waals surface area contributed by atoms with Crippen molar-refractivity contribution in [3.63, 3.8) is 0 Å². The molecule has 3 heterocycles. The van der Waals surface area contributed by atoms with Crippen LogP contribution in [-0.4, -0.2) is 30.9 Å². The van der Waals surface area contributed by atoms with Crippen molar-refractivity contribution >= 4 is 46.4 Å². The Labute approximate surface area is 184 Å². The number of anilines is 1. The summed E-state index contributed by atoms with van der Waals surface area (Å²) < 4.78 is 14.7. The molecule has 0 saturated carbocycles. The summed E-state index contributed by atoms with van der Waals surface area (Å²) in [5.74, 6) is -1.20. The van der Waals surface area contributed by atoms with Crippen molar-refractivity contribution in [2.45, 2.75) is 0 Å². The highest BCUT2D eigenvalue weighted by molar-refractivity contribution is 6.36. The fourth-order valence-corrected chi connectivity index (χ4v) is 3.42. The maximum Gasteiger partial charge on any atom is 0.258 e. The van der Waals surface area contributed by atoms with Gasteiger partial charge in [0.05, 0.1) is 39.9 Å². The van der Waals surface area contributed by atoms with Gasteiger partial charge in [-0.15, -0.1) is 4.80 Å². The van der Waals surface area contributed by atoms with Crippen molar-refractivity contribution in [3.05, 3.63) is 81.7 Å². The van der Waals surface area contributed by atoms with Crippen LogP contribution in [0.25, 0.3) is 16.9 Å². The molecule has 0 atom stereocenters. The highest BCUT2D eigenvalue weighted by atomic mass is 35.5. The standard InChI is InChI=1S/C19H10Cl3FN6O/c20-14-6-13(17(23)7-12(14)11-1-2-24-9-16(11)22)19(30)28-10-5-15(21)18(25-8-10)29-26-3-4-27-29/h1-9H,(H,28,30). The van der Waals surface area contributed by atoms with E-state index in [1.165, 1.54) is 47.9 Å². The SMILES string of the molecule is O=C(Nc1cnc(-n2nccn2)c(Cl)c1)c1cc(Cl)c(-c2ccncc2Cl)cc1F. The number of nitrogens with one attached hydrogen (secondary N) is 1. The lowest BCUT2D eigenvalue weighted by Gasteiger charge is -2.11. The Morgan fingerprint density at radius 1 is 0.933 bits per heavy atom. The lowest BCUT2D eigenvalue weighted by atomic mass is 10.0. The third-order valence-electron chi connectivity index (χ3n) is 4.05. The van der Waals surface area contributed by atoms with Gasteiger partial charge in [-0.3, -0.25) is 9.78 Å². The summed E-state index contributed by atoms with van der Waals surface area (Å²) in [6.07, 6.45) is 7.24. The van der Waals surface area contributed by atoms with Crippen LogP contribution in [0.4, 0.5) is 10.1 Å². The van der Waals surface area contributed by atoms with Crippen molar-refractivity contribution in [3.8, 4) is 16.9 Å². The monoisotopic (exact) mass is 462 g/mol. The normalized spacial score (nSPS) is 10.8. The Hall–Kier alpha value is -3.07. The molecule has 150 valence electrons. The van der Waals surface area contributed by atoms with Gasteiger partial charge in [-0.1, -0.05) is 34.8 Å². The molecule has 30 heavy (non-hydrogen) atoms. The number of nitrogens with zero attached hydrogens (tertiary/aromatic N) is 5. The first-order chi connectivity index (χ1) is 14.4. The first kappa shape index (κ1) is 20.2. The molecule has 1 N–H and O–H groups in total. The summed E-state index contributed by atoms with van der Waals surface area (Å²) in [6.45, 7) is 0. The Morgan fingerprint density at radius 3 is 2.40 bits per heavy atom. The zero-order chi connectivity index (χ0) is 21.3. The molecule has 11 heteroatoms. The fourth-order valence-electron chi connectivity index (χ4n) is 2.69. The number of aromatic nitrogens is 5. The smallest absolute Gasteiger partial charge is 0.258 e. The van der Waals surface area contributed by atoms with Gasteiger partial charge in [-0.25, -0.2) is 9.37 Å². The third kappa shape index (κ3) is 3.97. The second kappa shape index (κ2) is 8.35. The summed E-state index contributed by atoms with van der Waals surface area (Å²) in [7, 11) is 0. The predicted molar refractivity (Wildman–Crippen MR) is 112 cm³/mol. The van der Waals surface area contributed by atoms with Gasteiger partial charge in [0.15, 0.2) is 5.82 Å². The van der Waals surface area contributed by atoms with E-state index in [9.17, 15) is 9.18 Å². The quantitative estimate of drug-likeness (QED) is 0.456. The van der Waals surface area contributed by atoms with E-state index < -0.39 is 11.7 Å². The van der Waals surface area contributed by atoms with Crippen LogP contribution in [0.3, 0.4) is 0 Å². The molecule has 1 aromatic carbocycles. The molecule has 4 aromatic rings. The number of halogens is 4. The number of benzene rings is 1. The number of pyridine rings is 2. The van der Waals surface area contributed by atoms with Crippen LogP contribution in [-0.2, 0) is 0 Å². The number of rotatable bonds is 4. The number of hydrogen-bond donors (Lipinski definition) is 1. The van der Waals surface area contributed by atoms with Crippen LogP contribution < -0.4 is 5.32 Å². The van der Waals surface area contributed by atoms with Gasteiger partial charge in [0.25, 0.3) is 5.91 Å². The fraction of sp³-hybridized carbons (Fsp3) is 0. The Kier molecular flexibility index (Phi) is 5.63. The Balaban J connectivity index is 1.60. The molecular formula is C19H10Cl3FN6O. The van der Waals surface area contributed by atoms with Gasteiger partial charge in [-0.2, -0.15) is 10.2 Å². The summed E-state index contributed by atoms with van der Waals surface area (Å²) in [6, 6.07) is 5.44. The van der Waals surface area contributed by atoms with Crippen LogP contribution in [0, 0.1) is 5.82 Å². The summed E-state index contributed by atoms with van der Waals surface area (Å²) in [5, 5.41) is 11.1. The average molecular weight is 464 g/mol. The lowest BCUT2D eigenvalue weighted by molar-refractivity contribution is 0.102. The Morgan fingerprint density at radius 2 is 1.70 bits per heavy atom. The predicted octanol–water partition coefficient (Wildman–Crippen LogP) is 5.08. The van der Waals surface area contributed by atoms with Crippen LogP contribution in [0.5, 0.6) is 0 Å². The molecular weight excluding hydrogens is 454 g/mol. The molecule has 7 nitrogen and oxygen atoms in total. The molecule has 0 fully saturated rings. The molecule has 4 rings (SSSR count). The summed E-state index contributed by atoms with van der Waals surface area (Å²) in [4.78, 5) is 21.8. The number of amides is 1. The van der Waals surface area contributed by atoms with Crippen LogP contribution >= 0.6 is 34.8 Å². The molecule has 0 unspecified atom stereocenters. The molecule has 1 amide bonds. The van der Waals surface area contributed by atoms with Crippen molar-refractivity contribution in [1.82, 2.24) is 25.0 Å². The summed E-state index contributed by atoms with van der Waals surface area (Å²) >= 11 is 18.6. The largest absolute Gasteiger partial charge is 0.320 e. The van der Waals surface area contributed by atoms with Crippen molar-refractivity contribution in [1.29, 1.82) is 0 Å². The first-order valence-corrected chi connectivity index (χ1v) is 9.50. The van der Waals surface area contributed by atoms with Crippen molar-refractivity contribution in [2.24, 2.45) is 0 Å². The molecule has 0 aliphatic heterocycles. The molecule has 0 radical (unpaired) electrons. The van der Waals surface area contributed by atoms with E-state index in [4.69, 9.17) is 34.8 Å². The molecule has 3 aromatic heterocycles. The highest BCUT2D eigenvalue weighted by Gasteiger charge is 2.18. The van der Waals surface area contributed by atoms with Crippen molar-refractivity contribution < 1.29 is 9.18 Å². The highest BCUT2D eigenvalue weighted by Crippen LogP contribution is 2.34. The zero-order valence-electron chi connectivity index (χ0n) is 14.9. The molecule has 0 spiro atoms. The summed E-state index contributed by atoms with van der Waals surface area (Å²) in [5.41, 5.74) is 0.862. The van der Waals surface area contributed by atoms with E-state index >= 15 is 0 Å². The lowest BCUT2D eigenvalue weighted by Crippen LogP contribution is -2.14. The van der Waals surface area contributed by atoms with Gasteiger partial charge in [-0.05, 0) is 24.3 Å². The maximum atomic E-state index is 14.7. The van der Waals surface area contributed by atoms with Crippen LogP contribution in [0.2, 0.25) is 15.1 Å².